The van der Waals surface area contributed by atoms with Crippen LogP contribution in [0, 0.1) is 4.91 Å². The number of nitroso groups, excluding NO2 is 1. The molecule has 0 aromatic heterocycles. The van der Waals surface area contributed by atoms with E-state index in [1.165, 1.54) is 0 Å². The monoisotopic (exact) mass is 282 g/mol. The fourth-order valence-electron chi connectivity index (χ4n) is 1.06. The maximum atomic E-state index is 10.9. The summed E-state index contributed by atoms with van der Waals surface area (Å²) < 4.78 is 1.36. The molecular formula is C7H13IN3O+. The van der Waals surface area contributed by atoms with Crippen molar-refractivity contribution in [1.29, 1.82) is 0 Å². The molecule has 0 spiro atoms. The predicted molar refractivity (Wildman–Crippen MR) is 56.4 cm³/mol. The Morgan fingerprint density at radius 2 is 2.58 bits per heavy atom. The molecule has 0 saturated heterocycles. The van der Waals surface area contributed by atoms with Gasteiger partial charge in [0.2, 0.25) is 0 Å². The fraction of sp³-hybridized carbons (Fsp3) is 0.857. The average Bonchev–Trinajstić information content (AvgIpc) is 2.05. The first-order chi connectivity index (χ1) is 5.74. The molecule has 0 radical (unpaired) electrons. The van der Waals surface area contributed by atoms with Crippen molar-refractivity contribution < 1.29 is 4.76 Å². The number of nitrogens with zero attached hydrogens (tertiary/aromatic N) is 3. The van der Waals surface area contributed by atoms with Gasteiger partial charge in [0.1, 0.15) is 0 Å². The van der Waals surface area contributed by atoms with Crippen LogP contribution in [0.25, 0.3) is 0 Å². The van der Waals surface area contributed by atoms with E-state index < -0.39 is 0 Å². The van der Waals surface area contributed by atoms with E-state index >= 15 is 0 Å². The van der Waals surface area contributed by atoms with Gasteiger partial charge in [-0.1, -0.05) is 35.9 Å². The lowest BCUT2D eigenvalue weighted by molar-refractivity contribution is -0.567. The lowest BCUT2D eigenvalue weighted by atomic mass is 10.3. The number of hydrogen-bond donors (Lipinski definition) is 0. The Bertz CT molecular complexity index is 195. The lowest BCUT2D eigenvalue weighted by Gasteiger charge is -2.22. The molecule has 1 rings (SSSR count). The Kier molecular flexibility index (Phi) is 3.90. The highest BCUT2D eigenvalue weighted by atomic mass is 127. The van der Waals surface area contributed by atoms with Crippen LogP contribution in [0.4, 0.5) is 0 Å². The smallest absolute Gasteiger partial charge is 0.287 e. The van der Waals surface area contributed by atoms with E-state index in [9.17, 15) is 4.91 Å². The van der Waals surface area contributed by atoms with Gasteiger partial charge < -0.3 is 0 Å². The third-order valence-corrected chi connectivity index (χ3v) is 3.02. The normalized spacial score (nSPS) is 19.8. The third kappa shape index (κ3) is 2.69. The minimum atomic E-state index is 0.284. The lowest BCUT2D eigenvalue weighted by Crippen LogP contribution is -2.39. The second-order valence-electron chi connectivity index (χ2n) is 2.80. The number of halogens is 1. The third-order valence-electron chi connectivity index (χ3n) is 1.68. The van der Waals surface area contributed by atoms with Crippen molar-refractivity contribution in [2.24, 2.45) is 4.99 Å². The van der Waals surface area contributed by atoms with E-state index in [-0.39, 0.29) is 6.67 Å². The fourth-order valence-corrected chi connectivity index (χ4v) is 2.00. The molecule has 0 fully saturated rings. The highest BCUT2D eigenvalue weighted by Gasteiger charge is 2.22. The summed E-state index contributed by atoms with van der Waals surface area (Å²) in [5.41, 5.74) is 0. The summed E-state index contributed by atoms with van der Waals surface area (Å²) in [5.74, 6) is 0. The molecule has 1 unspecified atom stereocenters. The molecule has 0 amide bonds. The molecule has 68 valence electrons. The molecule has 1 aliphatic heterocycles. The van der Waals surface area contributed by atoms with Crippen LogP contribution in [0.15, 0.2) is 4.99 Å². The van der Waals surface area contributed by atoms with E-state index in [0.29, 0.717) is 10.7 Å². The number of hydrogen-bond acceptors (Lipinski definition) is 3. The topological polar surface area (TPSA) is 35.7 Å². The summed E-state index contributed by atoms with van der Waals surface area (Å²) in [4.78, 5) is 16.9. The van der Waals surface area contributed by atoms with Gasteiger partial charge in [-0.2, -0.15) is 0 Å². The van der Waals surface area contributed by atoms with E-state index in [1.807, 2.05) is 4.90 Å². The maximum Gasteiger partial charge on any atom is 0.287 e. The molecule has 12 heavy (non-hydrogen) atoms. The largest absolute Gasteiger partial charge is 0.292 e. The van der Waals surface area contributed by atoms with Gasteiger partial charge in [0, 0.05) is 9.67 Å². The van der Waals surface area contributed by atoms with E-state index in [4.69, 9.17) is 0 Å². The van der Waals surface area contributed by atoms with Crippen LogP contribution in [0.1, 0.15) is 19.8 Å². The van der Waals surface area contributed by atoms with Gasteiger partial charge in [0.05, 0.1) is 10.4 Å². The van der Waals surface area contributed by atoms with Crippen molar-refractivity contribution in [2.75, 3.05) is 13.3 Å². The number of alkyl halides is 1. The minimum absolute atomic E-state index is 0.284. The van der Waals surface area contributed by atoms with Crippen molar-refractivity contribution in [2.45, 2.75) is 23.8 Å². The van der Waals surface area contributed by atoms with Crippen molar-refractivity contribution in [3.8, 4) is 0 Å². The van der Waals surface area contributed by atoms with Gasteiger partial charge in [0.25, 0.3) is 13.3 Å². The van der Waals surface area contributed by atoms with Crippen LogP contribution in [-0.4, -0.2) is 33.4 Å². The Hall–Kier alpha value is -0.200. The molecule has 0 N–H and O–H groups in total. The van der Waals surface area contributed by atoms with Gasteiger partial charge in [-0.05, 0) is 6.42 Å². The van der Waals surface area contributed by atoms with Crippen molar-refractivity contribution in [3.05, 3.63) is 4.91 Å². The molecular weight excluding hydrogens is 269 g/mol. The van der Waals surface area contributed by atoms with Crippen LogP contribution in [0.5, 0.6) is 0 Å². The van der Waals surface area contributed by atoms with Crippen molar-refractivity contribution in [3.63, 3.8) is 0 Å². The Morgan fingerprint density at radius 3 is 3.17 bits per heavy atom. The van der Waals surface area contributed by atoms with Crippen LogP contribution in [0.2, 0.25) is 0 Å². The van der Waals surface area contributed by atoms with Crippen LogP contribution in [0.3, 0.4) is 0 Å². The van der Waals surface area contributed by atoms with Crippen LogP contribution < -0.4 is 0 Å². The number of rotatable bonds is 3. The molecule has 0 saturated carbocycles. The summed E-state index contributed by atoms with van der Waals surface area (Å²) in [6.45, 7) is 2.88. The van der Waals surface area contributed by atoms with Crippen molar-refractivity contribution in [1.82, 2.24) is 4.90 Å². The molecule has 4 nitrogen and oxygen atoms in total. The molecule has 5 heteroatoms. The van der Waals surface area contributed by atoms with E-state index in [1.54, 1.807) is 6.34 Å². The minimum Gasteiger partial charge on any atom is -0.292 e. The summed E-state index contributed by atoms with van der Waals surface area (Å²) in [6.07, 6.45) is 4.01. The van der Waals surface area contributed by atoms with E-state index in [2.05, 4.69) is 34.5 Å². The second-order valence-corrected chi connectivity index (χ2v) is 4.24. The van der Waals surface area contributed by atoms with Crippen LogP contribution in [-0.2, 0) is 0 Å². The summed E-state index contributed by atoms with van der Waals surface area (Å²) in [7, 11) is 0. The molecule has 0 aromatic carbocycles. The summed E-state index contributed by atoms with van der Waals surface area (Å²) in [6, 6.07) is 0. The second kappa shape index (κ2) is 4.74. The van der Waals surface area contributed by atoms with Gasteiger partial charge in [-0.15, -0.1) is 0 Å². The van der Waals surface area contributed by atoms with Gasteiger partial charge in [-0.25, -0.2) is 4.99 Å². The summed E-state index contributed by atoms with van der Waals surface area (Å²) >= 11 is 2.34. The zero-order valence-electron chi connectivity index (χ0n) is 7.11. The van der Waals surface area contributed by atoms with Gasteiger partial charge >= 0.3 is 0 Å². The molecule has 0 bridgehead atoms. The zero-order valence-corrected chi connectivity index (χ0v) is 9.27. The Labute approximate surface area is 85.7 Å². The zero-order chi connectivity index (χ0) is 8.97. The summed E-state index contributed by atoms with van der Waals surface area (Å²) in [5, 5.41) is 0. The first kappa shape index (κ1) is 9.88. The highest BCUT2D eigenvalue weighted by Crippen LogP contribution is 2.13. The Morgan fingerprint density at radius 1 is 1.83 bits per heavy atom. The molecule has 0 aliphatic carbocycles. The number of aliphatic imine (C=N–C) groups is 1. The van der Waals surface area contributed by atoms with Gasteiger partial charge in [0.15, 0.2) is 0 Å². The first-order valence-corrected chi connectivity index (χ1v) is 5.30. The standard InChI is InChI=1S/C7H13IN3O/c1-2-3-7(8)10-4-9-5-11(12)6-10/h4,7H,2-3,5-6H2,1H3/q+1. The SMILES string of the molecule is CCCC(I)N1C=NC[N+](=O)C1. The quantitative estimate of drug-likeness (QED) is 0.341. The van der Waals surface area contributed by atoms with Crippen LogP contribution >= 0.6 is 22.6 Å². The van der Waals surface area contributed by atoms with E-state index in [0.717, 1.165) is 17.6 Å². The maximum absolute atomic E-state index is 10.9. The first-order valence-electron chi connectivity index (χ1n) is 4.06. The Balaban J connectivity index is 2.45. The highest BCUT2D eigenvalue weighted by molar-refractivity contribution is 14.1. The molecule has 0 aromatic rings. The molecule has 1 aliphatic rings. The molecule has 1 atom stereocenters. The average molecular weight is 282 g/mol. The molecule has 1 heterocycles. The predicted octanol–water partition coefficient (Wildman–Crippen LogP) is 1.59. The van der Waals surface area contributed by atoms with Gasteiger partial charge in [-0.3, -0.25) is 4.90 Å². The van der Waals surface area contributed by atoms with Crippen molar-refractivity contribution >= 4 is 28.9 Å².